The van der Waals surface area contributed by atoms with Crippen molar-refractivity contribution >= 4 is 31.3 Å². The highest BCUT2D eigenvalue weighted by Crippen LogP contribution is 2.26. The molecule has 0 aliphatic carbocycles. The maximum absolute atomic E-state index is 12.4. The Morgan fingerprint density at radius 3 is 2.67 bits per heavy atom. The number of hydrogen-bond acceptors (Lipinski definition) is 5. The van der Waals surface area contributed by atoms with Gasteiger partial charge in [-0.3, -0.25) is 4.90 Å². The first-order chi connectivity index (χ1) is 12.9. The zero-order chi connectivity index (χ0) is 19.4. The fourth-order valence-electron chi connectivity index (χ4n) is 3.16. The van der Waals surface area contributed by atoms with Crippen molar-refractivity contribution in [1.82, 2.24) is 14.5 Å². The fourth-order valence-corrected chi connectivity index (χ4v) is 5.32. The van der Waals surface area contributed by atoms with Crippen molar-refractivity contribution in [3.8, 4) is 0 Å². The summed E-state index contributed by atoms with van der Waals surface area (Å²) in [5.74, 6) is 0.0766. The van der Waals surface area contributed by atoms with E-state index in [4.69, 9.17) is 0 Å². The number of sulfone groups is 1. The van der Waals surface area contributed by atoms with Gasteiger partial charge < -0.3 is 4.57 Å². The van der Waals surface area contributed by atoms with Gasteiger partial charge in [0.15, 0.2) is 0 Å². The van der Waals surface area contributed by atoms with E-state index in [0.717, 1.165) is 25.1 Å². The molecule has 0 fully saturated rings. The van der Waals surface area contributed by atoms with E-state index in [0.29, 0.717) is 13.1 Å². The van der Waals surface area contributed by atoms with Crippen LogP contribution in [0.2, 0.25) is 0 Å². The maximum atomic E-state index is 12.4. The Balaban J connectivity index is 1.79. The Bertz CT molecular complexity index is 972. The van der Waals surface area contributed by atoms with E-state index in [1.807, 2.05) is 15.9 Å². The van der Waals surface area contributed by atoms with Crippen molar-refractivity contribution < 1.29 is 8.42 Å². The lowest BCUT2D eigenvalue weighted by atomic mass is 10.2. The molecule has 0 spiro atoms. The van der Waals surface area contributed by atoms with E-state index in [2.05, 4.69) is 54.2 Å². The third-order valence-electron chi connectivity index (χ3n) is 4.63. The van der Waals surface area contributed by atoms with Crippen LogP contribution < -0.4 is 0 Å². The molecule has 0 aliphatic rings. The van der Waals surface area contributed by atoms with Gasteiger partial charge in [-0.25, -0.2) is 13.4 Å². The van der Waals surface area contributed by atoms with Crippen molar-refractivity contribution in [1.29, 1.82) is 0 Å². The SMILES string of the molecule is CCCCn1c(CN(C)Cc2cc3ccccc3s2)cnc1S(=O)(=O)CC. The summed E-state index contributed by atoms with van der Waals surface area (Å²) in [6, 6.07) is 10.6. The average Bonchev–Trinajstić information content (AvgIpc) is 3.23. The molecule has 0 atom stereocenters. The van der Waals surface area contributed by atoms with Gasteiger partial charge in [0.25, 0.3) is 0 Å². The summed E-state index contributed by atoms with van der Waals surface area (Å²) in [5, 5.41) is 1.49. The van der Waals surface area contributed by atoms with E-state index < -0.39 is 9.84 Å². The highest BCUT2D eigenvalue weighted by molar-refractivity contribution is 7.91. The monoisotopic (exact) mass is 405 g/mol. The number of thiophene rings is 1. The molecular weight excluding hydrogens is 378 g/mol. The van der Waals surface area contributed by atoms with Gasteiger partial charge >= 0.3 is 0 Å². The highest BCUT2D eigenvalue weighted by Gasteiger charge is 2.22. The number of imidazole rings is 1. The second-order valence-corrected chi connectivity index (χ2v) is 10.2. The first-order valence-corrected chi connectivity index (χ1v) is 11.8. The molecule has 3 rings (SSSR count). The molecule has 2 aromatic heterocycles. The van der Waals surface area contributed by atoms with Crippen LogP contribution in [0.25, 0.3) is 10.1 Å². The first kappa shape index (κ1) is 20.0. The molecule has 0 bridgehead atoms. The van der Waals surface area contributed by atoms with Crippen molar-refractivity contribution in [2.24, 2.45) is 0 Å². The molecule has 5 nitrogen and oxygen atoms in total. The largest absolute Gasteiger partial charge is 0.318 e. The predicted molar refractivity (Wildman–Crippen MR) is 112 cm³/mol. The molecule has 0 unspecified atom stereocenters. The van der Waals surface area contributed by atoms with Crippen LogP contribution in [-0.4, -0.2) is 35.7 Å². The van der Waals surface area contributed by atoms with Crippen LogP contribution >= 0.6 is 11.3 Å². The van der Waals surface area contributed by atoms with Gasteiger partial charge in [-0.1, -0.05) is 38.5 Å². The first-order valence-electron chi connectivity index (χ1n) is 9.37. The van der Waals surface area contributed by atoms with Crippen LogP contribution in [0.1, 0.15) is 37.3 Å². The van der Waals surface area contributed by atoms with E-state index in [-0.39, 0.29) is 10.9 Å². The second-order valence-electron chi connectivity index (χ2n) is 6.86. The van der Waals surface area contributed by atoms with Gasteiger partial charge in [0.05, 0.1) is 17.6 Å². The number of fused-ring (bicyclic) bond motifs is 1. The van der Waals surface area contributed by atoms with Crippen molar-refractivity contribution in [3.63, 3.8) is 0 Å². The lowest BCUT2D eigenvalue weighted by Crippen LogP contribution is -2.21. The Morgan fingerprint density at radius 1 is 1.19 bits per heavy atom. The van der Waals surface area contributed by atoms with Crippen LogP contribution in [0.5, 0.6) is 0 Å². The molecule has 2 heterocycles. The van der Waals surface area contributed by atoms with Crippen LogP contribution in [0.4, 0.5) is 0 Å². The summed E-state index contributed by atoms with van der Waals surface area (Å²) in [6.45, 7) is 5.97. The number of hydrogen-bond donors (Lipinski definition) is 0. The molecule has 0 N–H and O–H groups in total. The van der Waals surface area contributed by atoms with Crippen molar-refractivity contribution in [2.75, 3.05) is 12.8 Å². The number of aromatic nitrogens is 2. The Morgan fingerprint density at radius 2 is 1.96 bits per heavy atom. The molecule has 146 valence electrons. The smallest absolute Gasteiger partial charge is 0.227 e. The number of rotatable bonds is 9. The normalized spacial score (nSPS) is 12.3. The molecular formula is C20H27N3O2S2. The van der Waals surface area contributed by atoms with E-state index in [9.17, 15) is 8.42 Å². The van der Waals surface area contributed by atoms with E-state index in [1.54, 1.807) is 13.1 Å². The van der Waals surface area contributed by atoms with E-state index >= 15 is 0 Å². The topological polar surface area (TPSA) is 55.2 Å². The summed E-state index contributed by atoms with van der Waals surface area (Å²) in [6.07, 6.45) is 3.68. The molecule has 27 heavy (non-hydrogen) atoms. The molecule has 0 aliphatic heterocycles. The maximum Gasteiger partial charge on any atom is 0.227 e. The lowest BCUT2D eigenvalue weighted by molar-refractivity contribution is 0.309. The standard InChI is InChI=1S/C20H27N3O2S2/c1-4-6-11-23-17(13-21-20(23)27(24,25)5-2)14-22(3)15-18-12-16-9-7-8-10-19(16)26-18/h7-10,12-13H,4-6,11,14-15H2,1-3H3. The van der Waals surface area contributed by atoms with Crippen LogP contribution in [-0.2, 0) is 29.5 Å². The Labute approximate surface area is 165 Å². The molecule has 0 amide bonds. The van der Waals surface area contributed by atoms with Gasteiger partial charge in [-0.05, 0) is 31.0 Å². The zero-order valence-corrected chi connectivity index (χ0v) is 17.8. The highest BCUT2D eigenvalue weighted by atomic mass is 32.2. The predicted octanol–water partition coefficient (Wildman–Crippen LogP) is 4.32. The van der Waals surface area contributed by atoms with Gasteiger partial charge in [-0.2, -0.15) is 0 Å². The minimum absolute atomic E-state index is 0.0766. The van der Waals surface area contributed by atoms with Gasteiger partial charge in [0.2, 0.25) is 15.0 Å². The summed E-state index contributed by atoms with van der Waals surface area (Å²) in [4.78, 5) is 7.78. The minimum atomic E-state index is -3.32. The summed E-state index contributed by atoms with van der Waals surface area (Å²) in [5.41, 5.74) is 0.957. The molecule has 0 saturated carbocycles. The second kappa shape index (κ2) is 8.54. The van der Waals surface area contributed by atoms with Crippen LogP contribution in [0.15, 0.2) is 41.7 Å². The van der Waals surface area contributed by atoms with Crippen LogP contribution in [0.3, 0.4) is 0 Å². The van der Waals surface area contributed by atoms with Crippen LogP contribution in [0, 0.1) is 0 Å². The van der Waals surface area contributed by atoms with Gasteiger partial charge in [0.1, 0.15) is 0 Å². The number of unbranched alkanes of at least 4 members (excludes halogenated alkanes) is 1. The van der Waals surface area contributed by atoms with Gasteiger partial charge in [-0.15, -0.1) is 11.3 Å². The molecule has 7 heteroatoms. The fraction of sp³-hybridized carbons (Fsp3) is 0.450. The third kappa shape index (κ3) is 4.59. The zero-order valence-electron chi connectivity index (χ0n) is 16.2. The summed E-state index contributed by atoms with van der Waals surface area (Å²) in [7, 11) is -1.25. The Hall–Kier alpha value is -1.70. The quantitative estimate of drug-likeness (QED) is 0.532. The molecule has 0 radical (unpaired) electrons. The minimum Gasteiger partial charge on any atom is -0.318 e. The summed E-state index contributed by atoms with van der Waals surface area (Å²) >= 11 is 1.81. The van der Waals surface area contributed by atoms with Gasteiger partial charge in [0, 0.05) is 29.2 Å². The third-order valence-corrected chi connectivity index (χ3v) is 7.37. The van der Waals surface area contributed by atoms with E-state index in [1.165, 1.54) is 15.0 Å². The average molecular weight is 406 g/mol. The summed E-state index contributed by atoms with van der Waals surface area (Å²) < 4.78 is 27.9. The Kier molecular flexibility index (Phi) is 6.34. The number of nitrogens with zero attached hydrogens (tertiary/aromatic N) is 3. The molecule has 0 saturated heterocycles. The number of benzene rings is 1. The van der Waals surface area contributed by atoms with Crippen molar-refractivity contribution in [2.45, 2.75) is 51.5 Å². The molecule has 3 aromatic rings. The van der Waals surface area contributed by atoms with Crippen molar-refractivity contribution in [3.05, 3.63) is 47.1 Å². The molecule has 1 aromatic carbocycles. The lowest BCUT2D eigenvalue weighted by Gasteiger charge is -2.18.